The molecule has 5 aromatic carbocycles. The standard InChI is InChI=1S/C35H21NO/c1-2-8-25-24(7-1)26-9-3-4-11-28(26)30-15-13-22(19-31(30)29-12-6-5-10-27(25)29)23-14-16-34-32(20-23)33-21-36-18-17-35(33)37-34/h1-21H. The van der Waals surface area contributed by atoms with Crippen LogP contribution in [-0.2, 0) is 0 Å². The molecule has 37 heavy (non-hydrogen) atoms. The molecule has 2 heteroatoms. The van der Waals surface area contributed by atoms with Gasteiger partial charge in [0.05, 0.1) is 0 Å². The van der Waals surface area contributed by atoms with Gasteiger partial charge in [-0.15, -0.1) is 0 Å². The summed E-state index contributed by atoms with van der Waals surface area (Å²) in [4.78, 5) is 4.32. The van der Waals surface area contributed by atoms with E-state index >= 15 is 0 Å². The van der Waals surface area contributed by atoms with Crippen LogP contribution in [0.1, 0.15) is 0 Å². The minimum absolute atomic E-state index is 0.865. The lowest BCUT2D eigenvalue weighted by atomic mass is 9.80. The molecule has 2 heterocycles. The van der Waals surface area contributed by atoms with Gasteiger partial charge >= 0.3 is 0 Å². The van der Waals surface area contributed by atoms with E-state index in [1.807, 2.05) is 12.3 Å². The van der Waals surface area contributed by atoms with Gasteiger partial charge in [-0.25, -0.2) is 0 Å². The van der Waals surface area contributed by atoms with Crippen LogP contribution in [-0.4, -0.2) is 4.98 Å². The van der Waals surface area contributed by atoms with E-state index in [4.69, 9.17) is 4.42 Å². The molecule has 0 saturated carbocycles. The summed E-state index contributed by atoms with van der Waals surface area (Å²) in [7, 11) is 0. The first-order valence-corrected chi connectivity index (χ1v) is 12.5. The average Bonchev–Trinajstić information content (AvgIpc) is 3.34. The summed E-state index contributed by atoms with van der Waals surface area (Å²) in [6.07, 6.45) is 3.66. The fourth-order valence-electron chi connectivity index (χ4n) is 5.84. The third-order valence-corrected chi connectivity index (χ3v) is 7.57. The Morgan fingerprint density at radius 1 is 0.405 bits per heavy atom. The fraction of sp³-hybridized carbons (Fsp3) is 0. The van der Waals surface area contributed by atoms with Crippen molar-refractivity contribution in [3.05, 3.63) is 128 Å². The molecule has 1 aliphatic rings. The minimum Gasteiger partial charge on any atom is -0.456 e. The summed E-state index contributed by atoms with van der Waals surface area (Å²) in [6, 6.07) is 41.5. The molecule has 0 atom stereocenters. The van der Waals surface area contributed by atoms with Gasteiger partial charge in [0.2, 0.25) is 0 Å². The van der Waals surface area contributed by atoms with Gasteiger partial charge in [0.25, 0.3) is 0 Å². The highest BCUT2D eigenvalue weighted by atomic mass is 16.3. The second-order valence-electron chi connectivity index (χ2n) is 9.58. The van der Waals surface area contributed by atoms with Crippen molar-refractivity contribution < 1.29 is 4.42 Å². The van der Waals surface area contributed by atoms with Gasteiger partial charge in [0.1, 0.15) is 11.2 Å². The number of pyridine rings is 1. The van der Waals surface area contributed by atoms with Crippen molar-refractivity contribution in [1.82, 2.24) is 4.98 Å². The van der Waals surface area contributed by atoms with E-state index < -0.39 is 0 Å². The van der Waals surface area contributed by atoms with Crippen molar-refractivity contribution in [1.29, 1.82) is 0 Å². The highest BCUT2D eigenvalue weighted by Crippen LogP contribution is 2.48. The zero-order valence-electron chi connectivity index (χ0n) is 20.0. The van der Waals surface area contributed by atoms with Crippen molar-refractivity contribution in [2.75, 3.05) is 0 Å². The zero-order chi connectivity index (χ0) is 24.3. The van der Waals surface area contributed by atoms with Crippen molar-refractivity contribution in [3.63, 3.8) is 0 Å². The quantitative estimate of drug-likeness (QED) is 0.238. The number of nitrogens with zero attached hydrogens (tertiary/aromatic N) is 1. The van der Waals surface area contributed by atoms with Crippen molar-refractivity contribution >= 4 is 21.9 Å². The van der Waals surface area contributed by atoms with Gasteiger partial charge in [-0.05, 0) is 79.9 Å². The lowest BCUT2D eigenvalue weighted by Gasteiger charge is -2.23. The predicted octanol–water partition coefficient (Wildman–Crippen LogP) is 9.63. The van der Waals surface area contributed by atoms with E-state index in [0.717, 1.165) is 27.5 Å². The number of fused-ring (bicyclic) bond motifs is 11. The van der Waals surface area contributed by atoms with Crippen molar-refractivity contribution in [3.8, 4) is 55.6 Å². The lowest BCUT2D eigenvalue weighted by Crippen LogP contribution is -1.97. The number of aromatic nitrogens is 1. The number of furan rings is 1. The largest absolute Gasteiger partial charge is 0.456 e. The van der Waals surface area contributed by atoms with Crippen LogP contribution in [0.4, 0.5) is 0 Å². The molecule has 0 fully saturated rings. The maximum absolute atomic E-state index is 6.04. The molecule has 0 unspecified atom stereocenters. The molecule has 2 nitrogen and oxygen atoms in total. The van der Waals surface area contributed by atoms with E-state index in [1.54, 1.807) is 6.20 Å². The first kappa shape index (κ1) is 20.3. The smallest absolute Gasteiger partial charge is 0.138 e. The highest BCUT2D eigenvalue weighted by molar-refractivity contribution is 6.07. The summed E-state index contributed by atoms with van der Waals surface area (Å²) in [5.41, 5.74) is 14.1. The Labute approximate surface area is 214 Å². The summed E-state index contributed by atoms with van der Waals surface area (Å²) in [5, 5.41) is 2.13. The summed E-state index contributed by atoms with van der Waals surface area (Å²) in [6.45, 7) is 0. The molecule has 0 N–H and O–H groups in total. The molecule has 1 aliphatic carbocycles. The molecule has 0 spiro atoms. The molecule has 0 radical (unpaired) electrons. The van der Waals surface area contributed by atoms with Crippen LogP contribution < -0.4 is 0 Å². The monoisotopic (exact) mass is 471 g/mol. The van der Waals surface area contributed by atoms with Gasteiger partial charge in [-0.2, -0.15) is 0 Å². The Kier molecular flexibility index (Phi) is 4.26. The van der Waals surface area contributed by atoms with Gasteiger partial charge < -0.3 is 4.42 Å². The average molecular weight is 472 g/mol. The lowest BCUT2D eigenvalue weighted by molar-refractivity contribution is 0.668. The molecule has 0 saturated heterocycles. The Hall–Kier alpha value is -4.95. The molecular formula is C35H21NO. The molecule has 7 aromatic rings. The Morgan fingerprint density at radius 2 is 0.892 bits per heavy atom. The third-order valence-electron chi connectivity index (χ3n) is 7.57. The molecular weight excluding hydrogens is 450 g/mol. The number of rotatable bonds is 1. The summed E-state index contributed by atoms with van der Waals surface area (Å²) >= 11 is 0. The Balaban J connectivity index is 1.41. The van der Waals surface area contributed by atoms with Crippen molar-refractivity contribution in [2.24, 2.45) is 0 Å². The first-order chi connectivity index (χ1) is 18.3. The molecule has 8 rings (SSSR count). The second kappa shape index (κ2) is 7.78. The predicted molar refractivity (Wildman–Crippen MR) is 152 cm³/mol. The minimum atomic E-state index is 0.865. The SMILES string of the molecule is c1ccc2c(c1)-c1ccccc1-c1ccc(-c3ccc4oc5ccncc5c4c3)cc1-c1ccccc1-2. The molecule has 0 aliphatic heterocycles. The molecule has 2 aromatic heterocycles. The van der Waals surface area contributed by atoms with Crippen LogP contribution in [0.5, 0.6) is 0 Å². The summed E-state index contributed by atoms with van der Waals surface area (Å²) < 4.78 is 6.04. The topological polar surface area (TPSA) is 26.0 Å². The van der Waals surface area contributed by atoms with E-state index in [-0.39, 0.29) is 0 Å². The molecule has 0 bridgehead atoms. The molecule has 172 valence electrons. The summed E-state index contributed by atoms with van der Waals surface area (Å²) in [5.74, 6) is 0. The Morgan fingerprint density at radius 3 is 1.51 bits per heavy atom. The molecule has 0 amide bonds. The van der Waals surface area contributed by atoms with Crippen LogP contribution in [0.2, 0.25) is 0 Å². The van der Waals surface area contributed by atoms with Crippen LogP contribution in [0.15, 0.2) is 132 Å². The highest BCUT2D eigenvalue weighted by Gasteiger charge is 2.21. The van der Waals surface area contributed by atoms with Crippen LogP contribution >= 0.6 is 0 Å². The van der Waals surface area contributed by atoms with Gasteiger partial charge in [0, 0.05) is 23.2 Å². The fourth-order valence-corrected chi connectivity index (χ4v) is 5.84. The number of hydrogen-bond acceptors (Lipinski definition) is 2. The van der Waals surface area contributed by atoms with Crippen LogP contribution in [0, 0.1) is 0 Å². The first-order valence-electron chi connectivity index (χ1n) is 12.5. The van der Waals surface area contributed by atoms with Gasteiger partial charge in [0.15, 0.2) is 0 Å². The van der Waals surface area contributed by atoms with E-state index in [1.165, 1.54) is 50.1 Å². The second-order valence-corrected chi connectivity index (χ2v) is 9.58. The van der Waals surface area contributed by atoms with Gasteiger partial charge in [-0.1, -0.05) is 91.0 Å². The normalized spacial score (nSPS) is 11.8. The van der Waals surface area contributed by atoms with Crippen LogP contribution in [0.3, 0.4) is 0 Å². The van der Waals surface area contributed by atoms with Gasteiger partial charge in [-0.3, -0.25) is 4.98 Å². The van der Waals surface area contributed by atoms with Crippen molar-refractivity contribution in [2.45, 2.75) is 0 Å². The number of hydrogen-bond donors (Lipinski definition) is 0. The van der Waals surface area contributed by atoms with E-state index in [0.29, 0.717) is 0 Å². The van der Waals surface area contributed by atoms with Crippen LogP contribution in [0.25, 0.3) is 77.6 Å². The third kappa shape index (κ3) is 3.03. The maximum atomic E-state index is 6.04. The van der Waals surface area contributed by atoms with E-state index in [9.17, 15) is 0 Å². The Bertz CT molecular complexity index is 1990. The number of benzene rings is 5. The zero-order valence-corrected chi connectivity index (χ0v) is 20.0. The maximum Gasteiger partial charge on any atom is 0.138 e. The van der Waals surface area contributed by atoms with E-state index in [2.05, 4.69) is 114 Å².